The first-order chi connectivity index (χ1) is 6.04. The minimum absolute atomic E-state index is 0.0639. The Bertz CT molecular complexity index is 185. The van der Waals surface area contributed by atoms with Gasteiger partial charge in [-0.05, 0) is 18.3 Å². The molecule has 0 spiro atoms. The van der Waals surface area contributed by atoms with Gasteiger partial charge in [0.05, 0.1) is 0 Å². The molecule has 0 saturated carbocycles. The van der Waals surface area contributed by atoms with Gasteiger partial charge in [0.15, 0.2) is 0 Å². The Balaban J connectivity index is 4.18. The van der Waals surface area contributed by atoms with Crippen LogP contribution in [0.3, 0.4) is 0 Å². The summed E-state index contributed by atoms with van der Waals surface area (Å²) < 4.78 is 0. The number of unbranched alkanes of at least 4 members (excludes halogenated alkanes) is 1. The van der Waals surface area contributed by atoms with E-state index < -0.39 is 5.97 Å². The first-order valence-electron chi connectivity index (χ1n) is 4.96. The molecule has 0 aliphatic heterocycles. The topological polar surface area (TPSA) is 37.3 Å². The van der Waals surface area contributed by atoms with Gasteiger partial charge in [0, 0.05) is 6.08 Å². The maximum atomic E-state index is 10.3. The highest BCUT2D eigenvalue weighted by molar-refractivity contribution is 5.79. The molecule has 0 saturated heterocycles. The van der Waals surface area contributed by atoms with Crippen molar-refractivity contribution in [3.63, 3.8) is 0 Å². The molecule has 0 aromatic rings. The van der Waals surface area contributed by atoms with Gasteiger partial charge in [-0.25, -0.2) is 4.79 Å². The Hall–Kier alpha value is -0.790. The molecule has 76 valence electrons. The number of carbonyl (C=O) groups is 1. The summed E-state index contributed by atoms with van der Waals surface area (Å²) in [5.74, 6) is -0.851. The van der Waals surface area contributed by atoms with Crippen molar-refractivity contribution in [2.45, 2.75) is 46.5 Å². The molecule has 0 aromatic carbocycles. The van der Waals surface area contributed by atoms with Crippen molar-refractivity contribution < 1.29 is 9.90 Å². The number of carboxylic acids is 1. The summed E-state index contributed by atoms with van der Waals surface area (Å²) in [6.45, 7) is 6.36. The average molecular weight is 184 g/mol. The van der Waals surface area contributed by atoms with Gasteiger partial charge in [-0.1, -0.05) is 39.7 Å². The number of allylic oxidation sites excluding steroid dienone is 1. The van der Waals surface area contributed by atoms with Crippen molar-refractivity contribution in [1.29, 1.82) is 0 Å². The molecule has 0 aromatic heterocycles. The monoisotopic (exact) mass is 184 g/mol. The van der Waals surface area contributed by atoms with Gasteiger partial charge in [0.25, 0.3) is 0 Å². The molecule has 1 atom stereocenters. The first-order valence-corrected chi connectivity index (χ1v) is 4.96. The number of aliphatic carboxylic acids is 1. The molecule has 0 heterocycles. The fourth-order valence-corrected chi connectivity index (χ4v) is 1.23. The highest BCUT2D eigenvalue weighted by atomic mass is 16.4. The zero-order valence-electron chi connectivity index (χ0n) is 8.84. The third-order valence-corrected chi connectivity index (χ3v) is 2.54. The van der Waals surface area contributed by atoms with Crippen molar-refractivity contribution in [1.82, 2.24) is 0 Å². The summed E-state index contributed by atoms with van der Waals surface area (Å²) >= 11 is 0. The lowest BCUT2D eigenvalue weighted by molar-refractivity contribution is -0.131. The SMILES string of the molecule is CCCCC(C)(C=CC(=O)O)CC. The molecule has 0 aliphatic carbocycles. The smallest absolute Gasteiger partial charge is 0.327 e. The van der Waals surface area contributed by atoms with Gasteiger partial charge in [-0.3, -0.25) is 0 Å². The van der Waals surface area contributed by atoms with Crippen molar-refractivity contribution in [2.75, 3.05) is 0 Å². The maximum Gasteiger partial charge on any atom is 0.327 e. The van der Waals surface area contributed by atoms with Crippen LogP contribution in [0.5, 0.6) is 0 Å². The second kappa shape index (κ2) is 5.79. The Morgan fingerprint density at radius 2 is 2.08 bits per heavy atom. The summed E-state index contributed by atoms with van der Waals surface area (Å²) in [6, 6.07) is 0. The zero-order chi connectivity index (χ0) is 10.3. The van der Waals surface area contributed by atoms with Crippen molar-refractivity contribution in [2.24, 2.45) is 5.41 Å². The molecule has 0 radical (unpaired) electrons. The quantitative estimate of drug-likeness (QED) is 0.643. The summed E-state index contributed by atoms with van der Waals surface area (Å²) in [4.78, 5) is 10.3. The molecule has 2 nitrogen and oxygen atoms in total. The van der Waals surface area contributed by atoms with E-state index in [-0.39, 0.29) is 5.41 Å². The molecule has 0 amide bonds. The Morgan fingerprint density at radius 3 is 2.46 bits per heavy atom. The van der Waals surface area contributed by atoms with Crippen LogP contribution < -0.4 is 0 Å². The molecule has 13 heavy (non-hydrogen) atoms. The number of rotatable bonds is 6. The van der Waals surface area contributed by atoms with Crippen LogP contribution in [0, 0.1) is 5.41 Å². The second-order valence-corrected chi connectivity index (χ2v) is 3.78. The van der Waals surface area contributed by atoms with Crippen LogP contribution in [0.15, 0.2) is 12.2 Å². The standard InChI is InChI=1S/C11H20O2/c1-4-6-8-11(3,5-2)9-7-10(12)13/h7,9H,4-6,8H2,1-3H3,(H,12,13). The van der Waals surface area contributed by atoms with Crippen molar-refractivity contribution >= 4 is 5.97 Å². The maximum absolute atomic E-state index is 10.3. The second-order valence-electron chi connectivity index (χ2n) is 3.78. The molecule has 2 heteroatoms. The molecular formula is C11H20O2. The average Bonchev–Trinajstić information content (AvgIpc) is 2.11. The van der Waals surface area contributed by atoms with E-state index in [1.807, 2.05) is 6.08 Å². The minimum Gasteiger partial charge on any atom is -0.478 e. The zero-order valence-corrected chi connectivity index (χ0v) is 8.84. The molecule has 0 rings (SSSR count). The Kier molecular flexibility index (Phi) is 5.44. The van der Waals surface area contributed by atoms with Crippen LogP contribution >= 0.6 is 0 Å². The van der Waals surface area contributed by atoms with Crippen LogP contribution in [0.1, 0.15) is 46.5 Å². The lowest BCUT2D eigenvalue weighted by atomic mass is 9.82. The van der Waals surface area contributed by atoms with E-state index in [0.717, 1.165) is 25.7 Å². The minimum atomic E-state index is -0.851. The van der Waals surface area contributed by atoms with E-state index in [4.69, 9.17) is 5.11 Å². The number of hydrogen-bond acceptors (Lipinski definition) is 1. The molecular weight excluding hydrogens is 164 g/mol. The van der Waals surface area contributed by atoms with Crippen LogP contribution in [-0.2, 0) is 4.79 Å². The molecule has 0 fully saturated rings. The van der Waals surface area contributed by atoms with Crippen LogP contribution in [-0.4, -0.2) is 11.1 Å². The van der Waals surface area contributed by atoms with Crippen LogP contribution in [0.25, 0.3) is 0 Å². The Morgan fingerprint density at radius 1 is 1.46 bits per heavy atom. The number of hydrogen-bond donors (Lipinski definition) is 1. The third-order valence-electron chi connectivity index (χ3n) is 2.54. The van der Waals surface area contributed by atoms with Crippen LogP contribution in [0.4, 0.5) is 0 Å². The predicted octanol–water partition coefficient (Wildman–Crippen LogP) is 3.23. The lowest BCUT2D eigenvalue weighted by Gasteiger charge is -2.23. The van der Waals surface area contributed by atoms with E-state index in [9.17, 15) is 4.79 Å². The largest absolute Gasteiger partial charge is 0.478 e. The van der Waals surface area contributed by atoms with E-state index >= 15 is 0 Å². The van der Waals surface area contributed by atoms with Gasteiger partial charge < -0.3 is 5.11 Å². The van der Waals surface area contributed by atoms with Gasteiger partial charge in [0.1, 0.15) is 0 Å². The van der Waals surface area contributed by atoms with Gasteiger partial charge in [0.2, 0.25) is 0 Å². The van der Waals surface area contributed by atoms with Gasteiger partial charge >= 0.3 is 5.97 Å². The van der Waals surface area contributed by atoms with E-state index in [0.29, 0.717) is 0 Å². The van der Waals surface area contributed by atoms with Crippen molar-refractivity contribution in [3.05, 3.63) is 12.2 Å². The van der Waals surface area contributed by atoms with Gasteiger partial charge in [-0.2, -0.15) is 0 Å². The number of carboxylic acid groups (broad SMARTS) is 1. The van der Waals surface area contributed by atoms with Crippen LogP contribution in [0.2, 0.25) is 0 Å². The summed E-state index contributed by atoms with van der Waals surface area (Å²) in [7, 11) is 0. The molecule has 0 bridgehead atoms. The lowest BCUT2D eigenvalue weighted by Crippen LogP contribution is -2.12. The summed E-state index contributed by atoms with van der Waals surface area (Å²) in [6.07, 6.45) is 7.48. The van der Waals surface area contributed by atoms with E-state index in [1.54, 1.807) is 0 Å². The Labute approximate surface area is 80.7 Å². The molecule has 0 aliphatic rings. The first kappa shape index (κ1) is 12.2. The highest BCUT2D eigenvalue weighted by Crippen LogP contribution is 2.29. The van der Waals surface area contributed by atoms with E-state index in [1.165, 1.54) is 6.08 Å². The van der Waals surface area contributed by atoms with E-state index in [2.05, 4.69) is 20.8 Å². The summed E-state index contributed by atoms with van der Waals surface area (Å²) in [5, 5.41) is 8.51. The fourth-order valence-electron chi connectivity index (χ4n) is 1.23. The van der Waals surface area contributed by atoms with Crippen molar-refractivity contribution in [3.8, 4) is 0 Å². The highest BCUT2D eigenvalue weighted by Gasteiger charge is 2.17. The molecule has 1 N–H and O–H groups in total. The normalized spacial score (nSPS) is 15.9. The third kappa shape index (κ3) is 5.45. The van der Waals surface area contributed by atoms with Gasteiger partial charge in [-0.15, -0.1) is 0 Å². The summed E-state index contributed by atoms with van der Waals surface area (Å²) in [5.41, 5.74) is 0.0639. The predicted molar refractivity (Wildman–Crippen MR) is 54.7 cm³/mol. The molecule has 1 unspecified atom stereocenters. The fraction of sp³-hybridized carbons (Fsp3) is 0.727.